The zero-order chi connectivity index (χ0) is 17.4. The molecule has 1 aromatic rings. The number of hydrogen-bond acceptors (Lipinski definition) is 5. The molecule has 134 valence electrons. The first-order valence-corrected chi connectivity index (χ1v) is 9.10. The number of aromatic nitrogens is 2. The predicted octanol–water partition coefficient (Wildman–Crippen LogP) is 1.91. The smallest absolute Gasteiger partial charge is 0.254 e. The van der Waals surface area contributed by atoms with E-state index in [1.807, 2.05) is 6.92 Å². The Kier molecular flexibility index (Phi) is 7.59. The van der Waals surface area contributed by atoms with E-state index in [1.165, 1.54) is 6.33 Å². The van der Waals surface area contributed by atoms with Crippen LogP contribution in [0.15, 0.2) is 12.5 Å². The number of aryl methyl sites for hydroxylation is 1. The topological polar surface area (TPSA) is 67.4 Å². The van der Waals surface area contributed by atoms with Crippen LogP contribution in [-0.4, -0.2) is 59.7 Å². The van der Waals surface area contributed by atoms with Gasteiger partial charge in [0, 0.05) is 31.9 Å². The Morgan fingerprint density at radius 2 is 2.00 bits per heavy atom. The summed E-state index contributed by atoms with van der Waals surface area (Å²) in [5.41, 5.74) is 1.39. The molecule has 0 aromatic carbocycles. The van der Waals surface area contributed by atoms with E-state index in [1.54, 1.807) is 6.20 Å². The Balaban J connectivity index is 2.04. The summed E-state index contributed by atoms with van der Waals surface area (Å²) >= 11 is 0. The highest BCUT2D eigenvalue weighted by Crippen LogP contribution is 2.19. The van der Waals surface area contributed by atoms with Gasteiger partial charge in [0.1, 0.15) is 6.33 Å². The van der Waals surface area contributed by atoms with E-state index in [4.69, 9.17) is 4.74 Å². The van der Waals surface area contributed by atoms with Gasteiger partial charge in [-0.25, -0.2) is 9.97 Å². The monoisotopic (exact) mass is 334 g/mol. The van der Waals surface area contributed by atoms with Crippen molar-refractivity contribution in [1.29, 1.82) is 0 Å². The predicted molar refractivity (Wildman–Crippen MR) is 94.0 cm³/mol. The number of rotatable bonds is 8. The molecule has 1 atom stereocenters. The van der Waals surface area contributed by atoms with Crippen LogP contribution in [0.5, 0.6) is 0 Å². The molecule has 0 radical (unpaired) electrons. The number of carbonyl (C=O) groups is 1. The van der Waals surface area contributed by atoms with E-state index in [0.717, 1.165) is 51.3 Å². The molecule has 6 heteroatoms. The summed E-state index contributed by atoms with van der Waals surface area (Å²) in [6.45, 7) is 10.5. The molecule has 0 spiro atoms. The van der Waals surface area contributed by atoms with Gasteiger partial charge in [0.25, 0.3) is 5.91 Å². The Labute approximate surface area is 145 Å². The van der Waals surface area contributed by atoms with Crippen molar-refractivity contribution in [3.63, 3.8) is 0 Å². The van der Waals surface area contributed by atoms with Gasteiger partial charge in [-0.3, -0.25) is 9.69 Å². The second-order valence-electron chi connectivity index (χ2n) is 6.24. The van der Waals surface area contributed by atoms with Crippen LogP contribution in [0.4, 0.5) is 0 Å². The lowest BCUT2D eigenvalue weighted by Crippen LogP contribution is -2.52. The molecule has 2 rings (SSSR count). The van der Waals surface area contributed by atoms with Gasteiger partial charge >= 0.3 is 0 Å². The number of ether oxygens (including phenoxy) is 1. The summed E-state index contributed by atoms with van der Waals surface area (Å²) in [5.74, 6) is 0.498. The molecule has 1 fully saturated rings. The molecule has 0 aliphatic carbocycles. The SMILES string of the molecule is CCc1ncncc1C(=O)NCC(C(CC)CC)N1CCOCC1. The summed E-state index contributed by atoms with van der Waals surface area (Å²) in [4.78, 5) is 23.2. The molecule has 1 unspecified atom stereocenters. The van der Waals surface area contributed by atoms with Crippen molar-refractivity contribution in [2.24, 2.45) is 5.92 Å². The molecule has 0 saturated carbocycles. The van der Waals surface area contributed by atoms with Crippen LogP contribution in [0.3, 0.4) is 0 Å². The van der Waals surface area contributed by atoms with E-state index in [0.29, 0.717) is 24.1 Å². The lowest BCUT2D eigenvalue weighted by Gasteiger charge is -2.38. The van der Waals surface area contributed by atoms with Crippen LogP contribution in [0.25, 0.3) is 0 Å². The second-order valence-corrected chi connectivity index (χ2v) is 6.24. The molecule has 1 N–H and O–H groups in total. The van der Waals surface area contributed by atoms with Crippen molar-refractivity contribution in [3.8, 4) is 0 Å². The number of hydrogen-bond donors (Lipinski definition) is 1. The molecule has 1 saturated heterocycles. The van der Waals surface area contributed by atoms with E-state index >= 15 is 0 Å². The lowest BCUT2D eigenvalue weighted by atomic mass is 9.92. The first kappa shape index (κ1) is 18.8. The zero-order valence-electron chi connectivity index (χ0n) is 15.1. The van der Waals surface area contributed by atoms with Gasteiger partial charge in [-0.2, -0.15) is 0 Å². The largest absolute Gasteiger partial charge is 0.379 e. The maximum atomic E-state index is 12.6. The Bertz CT molecular complexity index is 513. The van der Waals surface area contributed by atoms with Crippen LogP contribution >= 0.6 is 0 Å². The van der Waals surface area contributed by atoms with Crippen LogP contribution in [-0.2, 0) is 11.2 Å². The number of amides is 1. The quantitative estimate of drug-likeness (QED) is 0.786. The van der Waals surface area contributed by atoms with Crippen LogP contribution in [0.2, 0.25) is 0 Å². The lowest BCUT2D eigenvalue weighted by molar-refractivity contribution is 0.00191. The average Bonchev–Trinajstić information content (AvgIpc) is 2.65. The third-order valence-corrected chi connectivity index (χ3v) is 4.95. The van der Waals surface area contributed by atoms with Crippen LogP contribution < -0.4 is 5.32 Å². The van der Waals surface area contributed by atoms with Crippen molar-refractivity contribution >= 4 is 5.91 Å². The van der Waals surface area contributed by atoms with Gasteiger partial charge in [-0.1, -0.05) is 33.6 Å². The molecule has 1 amide bonds. The Morgan fingerprint density at radius 1 is 1.29 bits per heavy atom. The van der Waals surface area contributed by atoms with Gasteiger partial charge in [0.2, 0.25) is 0 Å². The van der Waals surface area contributed by atoms with Gasteiger partial charge < -0.3 is 10.1 Å². The van der Waals surface area contributed by atoms with E-state index in [2.05, 4.69) is 34.0 Å². The van der Waals surface area contributed by atoms with E-state index in [9.17, 15) is 4.79 Å². The molecular formula is C18H30N4O2. The number of nitrogens with one attached hydrogen (secondary N) is 1. The molecule has 0 bridgehead atoms. The molecular weight excluding hydrogens is 304 g/mol. The Hall–Kier alpha value is -1.53. The second kappa shape index (κ2) is 9.69. The van der Waals surface area contributed by atoms with Crippen LogP contribution in [0.1, 0.15) is 49.7 Å². The van der Waals surface area contributed by atoms with Gasteiger partial charge in [-0.15, -0.1) is 0 Å². The highest BCUT2D eigenvalue weighted by atomic mass is 16.5. The summed E-state index contributed by atoms with van der Waals surface area (Å²) in [5, 5.41) is 3.12. The normalized spacial score (nSPS) is 17.0. The summed E-state index contributed by atoms with van der Waals surface area (Å²) < 4.78 is 5.48. The van der Waals surface area contributed by atoms with Crippen LogP contribution in [0, 0.1) is 5.92 Å². The summed E-state index contributed by atoms with van der Waals surface area (Å²) in [7, 11) is 0. The van der Waals surface area contributed by atoms with Crippen molar-refractivity contribution in [2.75, 3.05) is 32.8 Å². The standard InChI is InChI=1S/C18H30N4O2/c1-4-14(5-2)17(22-7-9-24-10-8-22)12-20-18(23)15-11-19-13-21-16(15)6-3/h11,13-14,17H,4-10,12H2,1-3H3,(H,20,23). The van der Waals surface area contributed by atoms with Gasteiger partial charge in [-0.05, 0) is 12.3 Å². The minimum absolute atomic E-state index is 0.0725. The molecule has 1 aliphatic rings. The molecule has 1 aromatic heterocycles. The number of nitrogens with zero attached hydrogens (tertiary/aromatic N) is 3. The van der Waals surface area contributed by atoms with Crippen molar-refractivity contribution in [3.05, 3.63) is 23.8 Å². The zero-order valence-corrected chi connectivity index (χ0v) is 15.1. The molecule has 24 heavy (non-hydrogen) atoms. The van der Waals surface area contributed by atoms with Crippen molar-refractivity contribution in [2.45, 2.75) is 46.1 Å². The molecule has 6 nitrogen and oxygen atoms in total. The fraction of sp³-hybridized carbons (Fsp3) is 0.722. The average molecular weight is 334 g/mol. The third-order valence-electron chi connectivity index (χ3n) is 4.95. The first-order valence-electron chi connectivity index (χ1n) is 9.10. The summed E-state index contributed by atoms with van der Waals surface area (Å²) in [6.07, 6.45) is 6.06. The maximum Gasteiger partial charge on any atom is 0.254 e. The first-order chi connectivity index (χ1) is 11.7. The molecule has 1 aliphatic heterocycles. The highest BCUT2D eigenvalue weighted by Gasteiger charge is 2.27. The fourth-order valence-corrected chi connectivity index (χ4v) is 3.45. The molecule has 2 heterocycles. The van der Waals surface area contributed by atoms with E-state index < -0.39 is 0 Å². The number of carbonyl (C=O) groups excluding carboxylic acids is 1. The third kappa shape index (κ3) is 4.74. The van der Waals surface area contributed by atoms with Crippen molar-refractivity contribution in [1.82, 2.24) is 20.2 Å². The van der Waals surface area contributed by atoms with Crippen molar-refractivity contribution < 1.29 is 9.53 Å². The van der Waals surface area contributed by atoms with Gasteiger partial charge in [0.15, 0.2) is 0 Å². The highest BCUT2D eigenvalue weighted by molar-refractivity contribution is 5.94. The fourth-order valence-electron chi connectivity index (χ4n) is 3.45. The van der Waals surface area contributed by atoms with E-state index in [-0.39, 0.29) is 5.91 Å². The maximum absolute atomic E-state index is 12.6. The minimum atomic E-state index is -0.0725. The van der Waals surface area contributed by atoms with Gasteiger partial charge in [0.05, 0.1) is 24.5 Å². The minimum Gasteiger partial charge on any atom is -0.379 e. The number of morpholine rings is 1. The Morgan fingerprint density at radius 3 is 2.62 bits per heavy atom. The summed E-state index contributed by atoms with van der Waals surface area (Å²) in [6, 6.07) is 0.350.